The average molecular weight is 422 g/mol. The van der Waals surface area contributed by atoms with E-state index in [0.717, 1.165) is 0 Å². The number of thioether (sulfide) groups is 1. The summed E-state index contributed by atoms with van der Waals surface area (Å²) in [5.74, 6) is -1.73. The van der Waals surface area contributed by atoms with Crippen molar-refractivity contribution in [1.82, 2.24) is 10.2 Å². The standard InChI is InChI=1S/C20H27N3O5S/c1-13(2)22-17(24)12-29-16-8-4-3-7-15(16)20(27)28-11-18(25)23-9-5-6-14(10-23)19(21)26/h3-4,7-8,13-14H,5-6,9-12H2,1-2H3,(H2,21,26)(H,22,24)/t14-/m1/s1. The number of hydrogen-bond acceptors (Lipinski definition) is 6. The van der Waals surface area contributed by atoms with Crippen LogP contribution in [0, 0.1) is 5.92 Å². The van der Waals surface area contributed by atoms with E-state index in [9.17, 15) is 19.2 Å². The monoisotopic (exact) mass is 421 g/mol. The summed E-state index contributed by atoms with van der Waals surface area (Å²) < 4.78 is 5.19. The number of piperidine rings is 1. The van der Waals surface area contributed by atoms with Crippen molar-refractivity contribution in [3.05, 3.63) is 29.8 Å². The number of carbonyl (C=O) groups is 4. The van der Waals surface area contributed by atoms with Crippen LogP contribution in [0.15, 0.2) is 29.2 Å². The van der Waals surface area contributed by atoms with Gasteiger partial charge < -0.3 is 20.7 Å². The predicted molar refractivity (Wildman–Crippen MR) is 109 cm³/mol. The maximum Gasteiger partial charge on any atom is 0.339 e. The molecule has 0 aliphatic carbocycles. The Bertz CT molecular complexity index is 768. The molecular formula is C20H27N3O5S. The highest BCUT2D eigenvalue weighted by molar-refractivity contribution is 8.00. The van der Waals surface area contributed by atoms with Crippen molar-refractivity contribution in [1.29, 1.82) is 0 Å². The van der Waals surface area contributed by atoms with Crippen LogP contribution in [0.3, 0.4) is 0 Å². The molecule has 1 saturated heterocycles. The molecule has 0 aromatic heterocycles. The molecule has 9 heteroatoms. The van der Waals surface area contributed by atoms with Crippen LogP contribution in [0.4, 0.5) is 0 Å². The van der Waals surface area contributed by atoms with Gasteiger partial charge >= 0.3 is 5.97 Å². The minimum atomic E-state index is -0.630. The zero-order valence-electron chi connectivity index (χ0n) is 16.7. The van der Waals surface area contributed by atoms with Gasteiger partial charge in [-0.25, -0.2) is 4.79 Å². The second kappa shape index (κ2) is 10.8. The number of carbonyl (C=O) groups excluding carboxylic acids is 4. The Hall–Kier alpha value is -2.55. The summed E-state index contributed by atoms with van der Waals surface area (Å²) in [6, 6.07) is 6.83. The first-order valence-corrected chi connectivity index (χ1v) is 10.5. The molecule has 1 heterocycles. The predicted octanol–water partition coefficient (Wildman–Crippen LogP) is 1.18. The van der Waals surface area contributed by atoms with E-state index in [4.69, 9.17) is 10.5 Å². The van der Waals surface area contributed by atoms with Gasteiger partial charge in [-0.05, 0) is 38.8 Å². The number of likely N-dealkylation sites (tertiary alicyclic amines) is 1. The van der Waals surface area contributed by atoms with Crippen molar-refractivity contribution in [2.75, 3.05) is 25.4 Å². The highest BCUT2D eigenvalue weighted by Gasteiger charge is 2.27. The number of ether oxygens (including phenoxy) is 1. The number of primary amides is 1. The van der Waals surface area contributed by atoms with E-state index in [1.54, 1.807) is 24.3 Å². The molecule has 158 valence electrons. The normalized spacial score (nSPS) is 16.4. The molecule has 3 N–H and O–H groups in total. The van der Waals surface area contributed by atoms with E-state index in [1.807, 2.05) is 13.8 Å². The van der Waals surface area contributed by atoms with Crippen molar-refractivity contribution in [3.63, 3.8) is 0 Å². The molecule has 1 fully saturated rings. The largest absolute Gasteiger partial charge is 0.452 e. The Kier molecular flexibility index (Phi) is 8.50. The molecule has 0 spiro atoms. The van der Waals surface area contributed by atoms with Crippen molar-refractivity contribution in [3.8, 4) is 0 Å². The van der Waals surface area contributed by atoms with E-state index in [-0.39, 0.29) is 36.1 Å². The molecule has 1 aliphatic rings. The number of benzene rings is 1. The molecule has 0 bridgehead atoms. The van der Waals surface area contributed by atoms with E-state index in [0.29, 0.717) is 29.8 Å². The lowest BCUT2D eigenvalue weighted by Gasteiger charge is -2.31. The second-order valence-electron chi connectivity index (χ2n) is 7.16. The lowest BCUT2D eigenvalue weighted by Crippen LogP contribution is -2.45. The zero-order chi connectivity index (χ0) is 21.4. The fraction of sp³-hybridized carbons (Fsp3) is 0.500. The minimum Gasteiger partial charge on any atom is -0.452 e. The molecule has 1 aliphatic heterocycles. The molecule has 3 amide bonds. The second-order valence-corrected chi connectivity index (χ2v) is 8.18. The van der Waals surface area contributed by atoms with Gasteiger partial charge in [0.15, 0.2) is 6.61 Å². The van der Waals surface area contributed by atoms with Crippen LogP contribution in [0.25, 0.3) is 0 Å². The van der Waals surface area contributed by atoms with E-state index in [2.05, 4.69) is 5.32 Å². The van der Waals surface area contributed by atoms with Crippen LogP contribution in [0.5, 0.6) is 0 Å². The van der Waals surface area contributed by atoms with Crippen LogP contribution in [-0.2, 0) is 19.1 Å². The van der Waals surface area contributed by atoms with Crippen LogP contribution >= 0.6 is 11.8 Å². The summed E-state index contributed by atoms with van der Waals surface area (Å²) in [6.07, 6.45) is 1.35. The van der Waals surface area contributed by atoms with Gasteiger partial charge in [0, 0.05) is 24.0 Å². The van der Waals surface area contributed by atoms with Gasteiger partial charge in [-0.15, -0.1) is 11.8 Å². The van der Waals surface area contributed by atoms with Crippen LogP contribution < -0.4 is 11.1 Å². The number of rotatable bonds is 8. The Morgan fingerprint density at radius 1 is 1.28 bits per heavy atom. The smallest absolute Gasteiger partial charge is 0.339 e. The van der Waals surface area contributed by atoms with Crippen molar-refractivity contribution < 1.29 is 23.9 Å². The third-order valence-corrected chi connectivity index (χ3v) is 5.49. The van der Waals surface area contributed by atoms with Gasteiger partial charge in [0.1, 0.15) is 0 Å². The lowest BCUT2D eigenvalue weighted by atomic mass is 9.97. The summed E-state index contributed by atoms with van der Waals surface area (Å²) in [4.78, 5) is 50.1. The molecule has 1 aromatic rings. The number of nitrogens with one attached hydrogen (secondary N) is 1. The SMILES string of the molecule is CC(C)NC(=O)CSc1ccccc1C(=O)OCC(=O)N1CCC[C@@H](C(N)=O)C1. The lowest BCUT2D eigenvalue weighted by molar-refractivity contribution is -0.137. The Morgan fingerprint density at radius 2 is 2.00 bits per heavy atom. The molecule has 8 nitrogen and oxygen atoms in total. The van der Waals surface area contributed by atoms with Crippen LogP contribution in [0.2, 0.25) is 0 Å². The Balaban J connectivity index is 1.91. The first-order valence-electron chi connectivity index (χ1n) is 9.53. The summed E-state index contributed by atoms with van der Waals surface area (Å²) in [5, 5.41) is 2.79. The summed E-state index contributed by atoms with van der Waals surface area (Å²) in [5.41, 5.74) is 5.63. The fourth-order valence-corrected chi connectivity index (χ4v) is 3.85. The number of nitrogens with zero attached hydrogens (tertiary/aromatic N) is 1. The van der Waals surface area contributed by atoms with E-state index < -0.39 is 18.5 Å². The maximum atomic E-state index is 12.5. The number of amides is 3. The van der Waals surface area contributed by atoms with Crippen molar-refractivity contribution >= 4 is 35.5 Å². The van der Waals surface area contributed by atoms with Gasteiger partial charge in [-0.2, -0.15) is 0 Å². The molecule has 1 atom stereocenters. The van der Waals surface area contributed by atoms with Gasteiger partial charge in [0.25, 0.3) is 5.91 Å². The first kappa shape index (κ1) is 22.7. The topological polar surface area (TPSA) is 119 Å². The quantitative estimate of drug-likeness (QED) is 0.481. The third kappa shape index (κ3) is 7.08. The highest BCUT2D eigenvalue weighted by Crippen LogP contribution is 2.23. The maximum absolute atomic E-state index is 12.5. The number of hydrogen-bond donors (Lipinski definition) is 2. The summed E-state index contributed by atoms with van der Waals surface area (Å²) in [6.45, 7) is 4.11. The average Bonchev–Trinajstić information content (AvgIpc) is 2.70. The Morgan fingerprint density at radius 3 is 2.69 bits per heavy atom. The molecule has 0 unspecified atom stereocenters. The molecular weight excluding hydrogens is 394 g/mol. The fourth-order valence-electron chi connectivity index (χ4n) is 3.00. The van der Waals surface area contributed by atoms with Crippen molar-refractivity contribution in [2.45, 2.75) is 37.6 Å². The van der Waals surface area contributed by atoms with Gasteiger partial charge in [0.05, 0.1) is 17.2 Å². The minimum absolute atomic E-state index is 0.0401. The number of esters is 1. The zero-order valence-corrected chi connectivity index (χ0v) is 17.5. The molecule has 1 aromatic carbocycles. The van der Waals surface area contributed by atoms with Crippen LogP contribution in [0.1, 0.15) is 37.0 Å². The van der Waals surface area contributed by atoms with Gasteiger partial charge in [-0.3, -0.25) is 14.4 Å². The highest BCUT2D eigenvalue weighted by atomic mass is 32.2. The van der Waals surface area contributed by atoms with Gasteiger partial charge in [0.2, 0.25) is 11.8 Å². The molecule has 2 rings (SSSR count). The number of nitrogens with two attached hydrogens (primary N) is 1. The third-order valence-electron chi connectivity index (χ3n) is 4.42. The van der Waals surface area contributed by atoms with Crippen molar-refractivity contribution in [2.24, 2.45) is 11.7 Å². The Labute approximate surface area is 174 Å². The van der Waals surface area contributed by atoms with E-state index in [1.165, 1.54) is 16.7 Å². The van der Waals surface area contributed by atoms with Gasteiger partial charge in [-0.1, -0.05) is 12.1 Å². The first-order chi connectivity index (χ1) is 13.8. The summed E-state index contributed by atoms with van der Waals surface area (Å²) >= 11 is 1.23. The molecule has 0 radical (unpaired) electrons. The van der Waals surface area contributed by atoms with Crippen LogP contribution in [-0.4, -0.2) is 60.1 Å². The molecule has 0 saturated carbocycles. The summed E-state index contributed by atoms with van der Waals surface area (Å²) in [7, 11) is 0. The van der Waals surface area contributed by atoms with E-state index >= 15 is 0 Å². The molecule has 29 heavy (non-hydrogen) atoms.